The van der Waals surface area contributed by atoms with E-state index < -0.39 is 0 Å². The van der Waals surface area contributed by atoms with E-state index in [4.69, 9.17) is 5.11 Å². The molecule has 1 aromatic carbocycles. The molecule has 0 aliphatic rings. The van der Waals surface area contributed by atoms with Gasteiger partial charge in [0.05, 0.1) is 6.61 Å². The summed E-state index contributed by atoms with van der Waals surface area (Å²) in [5.74, 6) is 5.81. The van der Waals surface area contributed by atoms with Gasteiger partial charge in [0, 0.05) is 31.8 Å². The Morgan fingerprint density at radius 1 is 1.29 bits per heavy atom. The van der Waals surface area contributed by atoms with Crippen LogP contribution in [0.1, 0.15) is 28.0 Å². The van der Waals surface area contributed by atoms with Crippen LogP contribution in [0.5, 0.6) is 0 Å². The molecule has 0 saturated carbocycles. The number of rotatable bonds is 4. The van der Waals surface area contributed by atoms with E-state index in [2.05, 4.69) is 17.2 Å². The predicted molar refractivity (Wildman–Crippen MR) is 81.6 cm³/mol. The third-order valence-electron chi connectivity index (χ3n) is 3.09. The van der Waals surface area contributed by atoms with E-state index in [1.54, 1.807) is 10.6 Å². The molecule has 4 nitrogen and oxygen atoms in total. The van der Waals surface area contributed by atoms with Gasteiger partial charge in [0.2, 0.25) is 0 Å². The second kappa shape index (κ2) is 7.32. The number of nitrogens with zero attached hydrogens (tertiary/aromatic N) is 1. The van der Waals surface area contributed by atoms with Crippen molar-refractivity contribution in [2.75, 3.05) is 6.61 Å². The highest BCUT2D eigenvalue weighted by Gasteiger charge is 2.08. The number of hydrogen-bond acceptors (Lipinski definition) is 2. The Kier molecular flexibility index (Phi) is 5.19. The van der Waals surface area contributed by atoms with Gasteiger partial charge in [-0.3, -0.25) is 4.79 Å². The van der Waals surface area contributed by atoms with E-state index in [0.717, 1.165) is 11.1 Å². The van der Waals surface area contributed by atoms with Crippen LogP contribution in [0.3, 0.4) is 0 Å². The maximum Gasteiger partial charge on any atom is 0.268 e. The maximum absolute atomic E-state index is 12.1. The van der Waals surface area contributed by atoms with E-state index in [9.17, 15) is 4.79 Å². The van der Waals surface area contributed by atoms with Crippen LogP contribution in [-0.2, 0) is 13.6 Å². The number of carbonyl (C=O) groups is 1. The monoisotopic (exact) mass is 282 g/mol. The van der Waals surface area contributed by atoms with Gasteiger partial charge < -0.3 is 15.0 Å². The first-order valence-electron chi connectivity index (χ1n) is 6.79. The molecule has 108 valence electrons. The summed E-state index contributed by atoms with van der Waals surface area (Å²) in [6.45, 7) is 0.480. The second-order valence-electron chi connectivity index (χ2n) is 4.62. The van der Waals surface area contributed by atoms with Gasteiger partial charge in [0.1, 0.15) is 5.69 Å². The molecule has 0 aliphatic heterocycles. The Morgan fingerprint density at radius 3 is 2.81 bits per heavy atom. The van der Waals surface area contributed by atoms with Crippen molar-refractivity contribution >= 4 is 5.91 Å². The fraction of sp³-hybridized carbons (Fsp3) is 0.235. The molecule has 0 spiro atoms. The lowest BCUT2D eigenvalue weighted by Gasteiger charge is -2.08. The SMILES string of the molecule is Cn1cccc1C(=O)NCc1ccccc1C#CCCO. The molecule has 0 saturated heterocycles. The molecule has 0 radical (unpaired) electrons. The molecule has 4 heteroatoms. The number of aliphatic hydroxyl groups is 1. The second-order valence-corrected chi connectivity index (χ2v) is 4.62. The molecular formula is C17H18N2O2. The zero-order valence-electron chi connectivity index (χ0n) is 12.0. The van der Waals surface area contributed by atoms with Crippen molar-refractivity contribution in [2.24, 2.45) is 7.05 Å². The summed E-state index contributed by atoms with van der Waals surface area (Å²) < 4.78 is 1.78. The van der Waals surface area contributed by atoms with E-state index in [1.165, 1.54) is 0 Å². The van der Waals surface area contributed by atoms with E-state index in [0.29, 0.717) is 18.7 Å². The number of aromatic nitrogens is 1. The van der Waals surface area contributed by atoms with Crippen molar-refractivity contribution in [3.8, 4) is 11.8 Å². The molecule has 1 heterocycles. The quantitative estimate of drug-likeness (QED) is 0.839. The fourth-order valence-electron chi connectivity index (χ4n) is 1.97. The first kappa shape index (κ1) is 14.9. The largest absolute Gasteiger partial charge is 0.395 e. The van der Waals surface area contributed by atoms with Crippen LogP contribution in [0.15, 0.2) is 42.6 Å². The van der Waals surface area contributed by atoms with Gasteiger partial charge in [0.15, 0.2) is 0 Å². The van der Waals surface area contributed by atoms with Crippen LogP contribution in [0.25, 0.3) is 0 Å². The van der Waals surface area contributed by atoms with Crippen molar-refractivity contribution in [2.45, 2.75) is 13.0 Å². The molecule has 2 aromatic rings. The summed E-state index contributed by atoms with van der Waals surface area (Å²) in [4.78, 5) is 12.1. The zero-order valence-corrected chi connectivity index (χ0v) is 12.0. The van der Waals surface area contributed by atoms with Crippen molar-refractivity contribution in [3.63, 3.8) is 0 Å². The molecule has 2 rings (SSSR count). The van der Waals surface area contributed by atoms with Gasteiger partial charge in [-0.05, 0) is 23.8 Å². The predicted octanol–water partition coefficient (Wildman–Crippen LogP) is 1.69. The standard InChI is InChI=1S/C17H18N2O2/c1-19-11-6-10-16(19)17(21)18-13-15-9-3-2-7-14(15)8-4-5-12-20/h2-3,6-7,9-11,20H,5,12-13H2,1H3,(H,18,21). The topological polar surface area (TPSA) is 54.3 Å². The van der Waals surface area contributed by atoms with Gasteiger partial charge in [-0.1, -0.05) is 30.0 Å². The average Bonchev–Trinajstić information content (AvgIpc) is 2.92. The number of aliphatic hydroxyl groups excluding tert-OH is 1. The van der Waals surface area contributed by atoms with Crippen LogP contribution < -0.4 is 5.32 Å². The molecule has 0 unspecified atom stereocenters. The Bertz CT molecular complexity index is 677. The average molecular weight is 282 g/mol. The lowest BCUT2D eigenvalue weighted by Crippen LogP contribution is -2.25. The Labute approximate surface area is 124 Å². The van der Waals surface area contributed by atoms with Crippen molar-refractivity contribution in [3.05, 3.63) is 59.4 Å². The highest BCUT2D eigenvalue weighted by Crippen LogP contribution is 2.08. The molecule has 0 aliphatic carbocycles. The Morgan fingerprint density at radius 2 is 2.10 bits per heavy atom. The Balaban J connectivity index is 2.05. The molecule has 1 aromatic heterocycles. The van der Waals surface area contributed by atoms with Crippen molar-refractivity contribution in [1.29, 1.82) is 0 Å². The van der Waals surface area contributed by atoms with Gasteiger partial charge in [-0.15, -0.1) is 0 Å². The first-order valence-corrected chi connectivity index (χ1v) is 6.79. The highest BCUT2D eigenvalue weighted by atomic mass is 16.2. The van der Waals surface area contributed by atoms with Crippen LogP contribution >= 0.6 is 0 Å². The van der Waals surface area contributed by atoms with Gasteiger partial charge >= 0.3 is 0 Å². The third-order valence-corrected chi connectivity index (χ3v) is 3.09. The maximum atomic E-state index is 12.1. The van der Waals surface area contributed by atoms with Gasteiger partial charge in [0.25, 0.3) is 5.91 Å². The van der Waals surface area contributed by atoms with E-state index >= 15 is 0 Å². The van der Waals surface area contributed by atoms with Crippen LogP contribution in [-0.4, -0.2) is 22.2 Å². The summed E-state index contributed by atoms with van der Waals surface area (Å²) >= 11 is 0. The molecule has 21 heavy (non-hydrogen) atoms. The zero-order chi connectivity index (χ0) is 15.1. The highest BCUT2D eigenvalue weighted by molar-refractivity contribution is 5.92. The number of carbonyl (C=O) groups excluding carboxylic acids is 1. The number of aryl methyl sites for hydroxylation is 1. The van der Waals surface area contributed by atoms with Crippen LogP contribution in [0.2, 0.25) is 0 Å². The summed E-state index contributed by atoms with van der Waals surface area (Å²) in [7, 11) is 1.84. The molecule has 0 fully saturated rings. The van der Waals surface area contributed by atoms with Crippen molar-refractivity contribution < 1.29 is 9.90 Å². The minimum Gasteiger partial charge on any atom is -0.395 e. The number of nitrogens with one attached hydrogen (secondary N) is 1. The summed E-state index contributed by atoms with van der Waals surface area (Å²) in [6, 6.07) is 11.3. The summed E-state index contributed by atoms with van der Waals surface area (Å²) in [5.41, 5.74) is 2.46. The minimum absolute atomic E-state index is 0.0550. The smallest absolute Gasteiger partial charge is 0.268 e. The number of hydrogen-bond donors (Lipinski definition) is 2. The first-order chi connectivity index (χ1) is 10.2. The molecule has 0 atom stereocenters. The normalized spacial score (nSPS) is 9.81. The van der Waals surface area contributed by atoms with Crippen molar-refractivity contribution in [1.82, 2.24) is 9.88 Å². The van der Waals surface area contributed by atoms with E-state index in [-0.39, 0.29) is 12.5 Å². The third kappa shape index (κ3) is 3.98. The van der Waals surface area contributed by atoms with Crippen LogP contribution in [0.4, 0.5) is 0 Å². The summed E-state index contributed by atoms with van der Waals surface area (Å²) in [6.07, 6.45) is 2.28. The molecule has 0 bridgehead atoms. The lowest BCUT2D eigenvalue weighted by atomic mass is 10.1. The lowest BCUT2D eigenvalue weighted by molar-refractivity contribution is 0.0943. The van der Waals surface area contributed by atoms with E-state index in [1.807, 2.05) is 43.6 Å². The molecule has 2 N–H and O–H groups in total. The van der Waals surface area contributed by atoms with Gasteiger partial charge in [-0.2, -0.15) is 0 Å². The fourth-order valence-corrected chi connectivity index (χ4v) is 1.97. The Hall–Kier alpha value is -2.51. The number of benzene rings is 1. The summed E-state index contributed by atoms with van der Waals surface area (Å²) in [5, 5.41) is 11.7. The molecule has 1 amide bonds. The van der Waals surface area contributed by atoms with Crippen LogP contribution in [0, 0.1) is 11.8 Å². The van der Waals surface area contributed by atoms with Gasteiger partial charge in [-0.25, -0.2) is 0 Å². The minimum atomic E-state index is -0.111. The molecular weight excluding hydrogens is 264 g/mol. The number of amides is 1.